The van der Waals surface area contributed by atoms with Gasteiger partial charge in [-0.3, -0.25) is 4.79 Å². The summed E-state index contributed by atoms with van der Waals surface area (Å²) >= 11 is 0. The zero-order valence-corrected chi connectivity index (χ0v) is 11.1. The molecule has 1 amide bonds. The van der Waals surface area contributed by atoms with Crippen molar-refractivity contribution < 1.29 is 4.79 Å². The molecular weight excluding hydrogens is 256 g/mol. The van der Waals surface area contributed by atoms with Gasteiger partial charge in [0.1, 0.15) is 0 Å². The number of carbonyl (C=O) groups excluding carboxylic acids is 1. The summed E-state index contributed by atoms with van der Waals surface area (Å²) in [7, 11) is 0. The van der Waals surface area contributed by atoms with Gasteiger partial charge in [-0.05, 0) is 18.5 Å². The highest BCUT2D eigenvalue weighted by atomic mass is 16.2. The minimum Gasteiger partial charge on any atom is -0.382 e. The SMILES string of the molecule is NCCCNC(=O)c1nnn(Cc2ccccc2)c1N. The number of aromatic nitrogens is 3. The Bertz CT molecular complexity index is 565. The van der Waals surface area contributed by atoms with E-state index in [2.05, 4.69) is 15.6 Å². The lowest BCUT2D eigenvalue weighted by Crippen LogP contribution is -2.27. The maximum absolute atomic E-state index is 11.9. The lowest BCUT2D eigenvalue weighted by atomic mass is 10.2. The fourth-order valence-corrected chi connectivity index (χ4v) is 1.74. The normalized spacial score (nSPS) is 10.4. The number of hydrogen-bond acceptors (Lipinski definition) is 5. The Hall–Kier alpha value is -2.41. The van der Waals surface area contributed by atoms with Gasteiger partial charge in [-0.2, -0.15) is 0 Å². The highest BCUT2D eigenvalue weighted by Gasteiger charge is 2.16. The average molecular weight is 274 g/mol. The molecule has 0 radical (unpaired) electrons. The maximum atomic E-state index is 11.9. The van der Waals surface area contributed by atoms with Crippen molar-refractivity contribution in [1.29, 1.82) is 0 Å². The van der Waals surface area contributed by atoms with Crippen molar-refractivity contribution in [2.75, 3.05) is 18.8 Å². The first-order chi connectivity index (χ1) is 9.72. The second-order valence-corrected chi connectivity index (χ2v) is 4.36. The number of benzene rings is 1. The average Bonchev–Trinajstić information content (AvgIpc) is 2.82. The van der Waals surface area contributed by atoms with Crippen LogP contribution in [0.3, 0.4) is 0 Å². The quantitative estimate of drug-likeness (QED) is 0.641. The van der Waals surface area contributed by atoms with Crippen LogP contribution in [-0.4, -0.2) is 34.0 Å². The van der Waals surface area contributed by atoms with Crippen molar-refractivity contribution in [1.82, 2.24) is 20.3 Å². The first-order valence-electron chi connectivity index (χ1n) is 6.43. The Kier molecular flexibility index (Phi) is 4.67. The molecule has 106 valence electrons. The molecule has 0 unspecified atom stereocenters. The van der Waals surface area contributed by atoms with Gasteiger partial charge in [0.25, 0.3) is 5.91 Å². The van der Waals surface area contributed by atoms with E-state index in [1.165, 1.54) is 4.68 Å². The van der Waals surface area contributed by atoms with Crippen LogP contribution in [0.5, 0.6) is 0 Å². The smallest absolute Gasteiger partial charge is 0.275 e. The number of carbonyl (C=O) groups is 1. The third-order valence-corrected chi connectivity index (χ3v) is 2.83. The van der Waals surface area contributed by atoms with Crippen molar-refractivity contribution in [3.63, 3.8) is 0 Å². The van der Waals surface area contributed by atoms with E-state index in [1.54, 1.807) is 0 Å². The first kappa shape index (κ1) is 14.0. The Labute approximate surface area is 116 Å². The summed E-state index contributed by atoms with van der Waals surface area (Å²) in [6, 6.07) is 9.72. The molecule has 20 heavy (non-hydrogen) atoms. The summed E-state index contributed by atoms with van der Waals surface area (Å²) in [6.45, 7) is 1.51. The fourth-order valence-electron chi connectivity index (χ4n) is 1.74. The molecule has 0 bridgehead atoms. The third kappa shape index (κ3) is 3.33. The molecule has 0 aliphatic rings. The van der Waals surface area contributed by atoms with E-state index in [4.69, 9.17) is 11.5 Å². The van der Waals surface area contributed by atoms with Gasteiger partial charge < -0.3 is 16.8 Å². The Morgan fingerprint density at radius 3 is 2.75 bits per heavy atom. The molecule has 2 rings (SSSR count). The summed E-state index contributed by atoms with van der Waals surface area (Å²) < 4.78 is 1.51. The number of anilines is 1. The van der Waals surface area contributed by atoms with Gasteiger partial charge in [-0.25, -0.2) is 4.68 Å². The monoisotopic (exact) mass is 274 g/mol. The largest absolute Gasteiger partial charge is 0.382 e. The highest BCUT2D eigenvalue weighted by Crippen LogP contribution is 2.10. The molecule has 2 aromatic rings. The number of nitrogen functional groups attached to an aromatic ring is 1. The summed E-state index contributed by atoms with van der Waals surface area (Å²) in [4.78, 5) is 11.9. The van der Waals surface area contributed by atoms with Crippen LogP contribution < -0.4 is 16.8 Å². The van der Waals surface area contributed by atoms with Gasteiger partial charge in [0.15, 0.2) is 11.5 Å². The van der Waals surface area contributed by atoms with E-state index in [1.807, 2.05) is 30.3 Å². The van der Waals surface area contributed by atoms with Crippen LogP contribution in [0.25, 0.3) is 0 Å². The molecule has 1 heterocycles. The van der Waals surface area contributed by atoms with E-state index in [9.17, 15) is 4.79 Å². The van der Waals surface area contributed by atoms with Crippen LogP contribution in [0.2, 0.25) is 0 Å². The van der Waals surface area contributed by atoms with Gasteiger partial charge in [0.05, 0.1) is 6.54 Å². The zero-order chi connectivity index (χ0) is 14.4. The minimum absolute atomic E-state index is 0.151. The predicted octanol–water partition coefficient (Wildman–Crippen LogP) is -0.0128. The Balaban J connectivity index is 2.05. The van der Waals surface area contributed by atoms with E-state index in [-0.39, 0.29) is 17.4 Å². The van der Waals surface area contributed by atoms with Gasteiger partial charge >= 0.3 is 0 Å². The van der Waals surface area contributed by atoms with Crippen LogP contribution >= 0.6 is 0 Å². The second-order valence-electron chi connectivity index (χ2n) is 4.36. The molecule has 0 spiro atoms. The molecular formula is C13H18N6O. The third-order valence-electron chi connectivity index (χ3n) is 2.83. The number of amides is 1. The van der Waals surface area contributed by atoms with Crippen LogP contribution in [-0.2, 0) is 6.54 Å². The van der Waals surface area contributed by atoms with Gasteiger partial charge in [0, 0.05) is 6.54 Å². The van der Waals surface area contributed by atoms with Crippen LogP contribution in [0.1, 0.15) is 22.5 Å². The van der Waals surface area contributed by atoms with E-state index in [0.29, 0.717) is 26.1 Å². The zero-order valence-electron chi connectivity index (χ0n) is 11.1. The van der Waals surface area contributed by atoms with E-state index >= 15 is 0 Å². The number of nitrogens with one attached hydrogen (secondary N) is 1. The number of nitrogens with zero attached hydrogens (tertiary/aromatic N) is 3. The number of hydrogen-bond donors (Lipinski definition) is 3. The lowest BCUT2D eigenvalue weighted by molar-refractivity contribution is 0.0949. The molecule has 5 N–H and O–H groups in total. The summed E-state index contributed by atoms with van der Waals surface area (Å²) in [5.74, 6) is -0.0608. The summed E-state index contributed by atoms with van der Waals surface area (Å²) in [5, 5.41) is 10.5. The molecule has 0 saturated heterocycles. The predicted molar refractivity (Wildman–Crippen MR) is 76.0 cm³/mol. The van der Waals surface area contributed by atoms with Gasteiger partial charge in [-0.1, -0.05) is 35.5 Å². The molecule has 0 atom stereocenters. The molecule has 1 aromatic carbocycles. The van der Waals surface area contributed by atoms with Crippen molar-refractivity contribution in [3.05, 3.63) is 41.6 Å². The van der Waals surface area contributed by atoms with E-state index in [0.717, 1.165) is 5.56 Å². The standard InChI is InChI=1S/C13H18N6O/c14-7-4-8-16-13(20)11-12(15)19(18-17-11)9-10-5-2-1-3-6-10/h1-3,5-6H,4,7-9,14-15H2,(H,16,20). The van der Waals surface area contributed by atoms with Crippen molar-refractivity contribution in [2.24, 2.45) is 5.73 Å². The maximum Gasteiger partial charge on any atom is 0.275 e. The van der Waals surface area contributed by atoms with Crippen molar-refractivity contribution in [2.45, 2.75) is 13.0 Å². The number of rotatable bonds is 6. The topological polar surface area (TPSA) is 112 Å². The summed E-state index contributed by atoms with van der Waals surface area (Å²) in [5.41, 5.74) is 12.5. The molecule has 0 aliphatic heterocycles. The summed E-state index contributed by atoms with van der Waals surface area (Å²) in [6.07, 6.45) is 0.712. The van der Waals surface area contributed by atoms with E-state index < -0.39 is 0 Å². The molecule has 0 saturated carbocycles. The molecule has 7 heteroatoms. The second kappa shape index (κ2) is 6.67. The Morgan fingerprint density at radius 1 is 1.30 bits per heavy atom. The molecule has 0 fully saturated rings. The Morgan fingerprint density at radius 2 is 2.05 bits per heavy atom. The minimum atomic E-state index is -0.324. The van der Waals surface area contributed by atoms with Crippen LogP contribution in [0, 0.1) is 0 Å². The molecule has 7 nitrogen and oxygen atoms in total. The molecule has 0 aliphatic carbocycles. The van der Waals surface area contributed by atoms with Gasteiger partial charge in [-0.15, -0.1) is 5.10 Å². The van der Waals surface area contributed by atoms with Crippen LogP contribution in [0.15, 0.2) is 30.3 Å². The van der Waals surface area contributed by atoms with Crippen molar-refractivity contribution in [3.8, 4) is 0 Å². The highest BCUT2D eigenvalue weighted by molar-refractivity contribution is 5.96. The van der Waals surface area contributed by atoms with Crippen LogP contribution in [0.4, 0.5) is 5.82 Å². The van der Waals surface area contributed by atoms with Crippen molar-refractivity contribution >= 4 is 11.7 Å². The van der Waals surface area contributed by atoms with Gasteiger partial charge in [0.2, 0.25) is 0 Å². The lowest BCUT2D eigenvalue weighted by Gasteiger charge is -2.04. The fraction of sp³-hybridized carbons (Fsp3) is 0.308. The first-order valence-corrected chi connectivity index (χ1v) is 6.43. The molecule has 1 aromatic heterocycles. The number of nitrogens with two attached hydrogens (primary N) is 2.